The van der Waals surface area contributed by atoms with Crippen LogP contribution in [-0.2, 0) is 0 Å². The zero-order chi connectivity index (χ0) is 14.4. The summed E-state index contributed by atoms with van der Waals surface area (Å²) in [5, 5.41) is 10.9. The van der Waals surface area contributed by atoms with Gasteiger partial charge in [0, 0.05) is 9.79 Å². The van der Waals surface area contributed by atoms with Crippen molar-refractivity contribution in [1.82, 2.24) is 0 Å². The van der Waals surface area contributed by atoms with Gasteiger partial charge in [0.1, 0.15) is 0 Å². The molecule has 23 heavy (non-hydrogen) atoms. The summed E-state index contributed by atoms with van der Waals surface area (Å²) in [6.45, 7) is 0. The van der Waals surface area contributed by atoms with Crippen LogP contribution in [0.15, 0.2) is 34.1 Å². The molecule has 9 aliphatic rings. The monoisotopic (exact) mass is 338 g/mol. The van der Waals surface area contributed by atoms with Crippen LogP contribution in [0.1, 0.15) is 0 Å². The molecular formula is C20H18OS2. The van der Waals surface area contributed by atoms with Gasteiger partial charge in [0.05, 0.1) is 10.2 Å². The molecule has 1 aromatic rings. The van der Waals surface area contributed by atoms with Gasteiger partial charge >= 0.3 is 0 Å². The van der Waals surface area contributed by atoms with E-state index < -0.39 is 0 Å². The van der Waals surface area contributed by atoms with Gasteiger partial charge in [-0.3, -0.25) is 0 Å². The summed E-state index contributed by atoms with van der Waals surface area (Å²) in [5.41, 5.74) is 0. The highest BCUT2D eigenvalue weighted by Gasteiger charge is 2.95. The minimum Gasteiger partial charge on any atom is -0.393 e. The quantitative estimate of drug-likeness (QED) is 0.783. The van der Waals surface area contributed by atoms with Gasteiger partial charge in [0.25, 0.3) is 0 Å². The number of rotatable bonds is 0. The highest BCUT2D eigenvalue weighted by Crippen LogP contribution is 2.97. The Hall–Kier alpha value is -0.120. The number of hydrogen-bond acceptors (Lipinski definition) is 3. The second kappa shape index (κ2) is 2.95. The summed E-state index contributed by atoms with van der Waals surface area (Å²) >= 11 is 4.56. The van der Waals surface area contributed by atoms with E-state index in [0.29, 0.717) is 4.08 Å². The lowest BCUT2D eigenvalue weighted by Gasteiger charge is -2.30. The molecule has 8 fully saturated rings. The Morgan fingerprint density at radius 2 is 1.09 bits per heavy atom. The molecule has 10 rings (SSSR count). The van der Waals surface area contributed by atoms with Gasteiger partial charge in [0.15, 0.2) is 0 Å². The number of aliphatic hydroxyl groups is 1. The smallest absolute Gasteiger partial charge is 0.0773 e. The van der Waals surface area contributed by atoms with Crippen LogP contribution in [0.5, 0.6) is 0 Å². The molecule has 1 nitrogen and oxygen atoms in total. The molecule has 3 heteroatoms. The Morgan fingerprint density at radius 3 is 1.52 bits per heavy atom. The molecule has 0 saturated heterocycles. The largest absolute Gasteiger partial charge is 0.393 e. The van der Waals surface area contributed by atoms with Crippen LogP contribution in [0, 0.1) is 71.0 Å². The predicted octanol–water partition coefficient (Wildman–Crippen LogP) is 3.43. The Morgan fingerprint density at radius 1 is 0.652 bits per heavy atom. The lowest BCUT2D eigenvalue weighted by molar-refractivity contribution is 0.106. The van der Waals surface area contributed by atoms with Gasteiger partial charge in [0.2, 0.25) is 0 Å². The van der Waals surface area contributed by atoms with E-state index in [1.165, 1.54) is 0 Å². The van der Waals surface area contributed by atoms with Gasteiger partial charge in [-0.05, 0) is 83.1 Å². The van der Waals surface area contributed by atoms with E-state index >= 15 is 0 Å². The van der Waals surface area contributed by atoms with Crippen LogP contribution in [0.4, 0.5) is 0 Å². The topological polar surface area (TPSA) is 20.2 Å². The van der Waals surface area contributed by atoms with Gasteiger partial charge < -0.3 is 5.11 Å². The average Bonchev–Trinajstić information content (AvgIpc) is 3.30. The van der Waals surface area contributed by atoms with E-state index in [2.05, 4.69) is 47.8 Å². The number of benzene rings is 1. The summed E-state index contributed by atoms with van der Waals surface area (Å²) < 4.78 is 0.507. The zero-order valence-corrected chi connectivity index (χ0v) is 14.2. The van der Waals surface area contributed by atoms with E-state index in [9.17, 15) is 5.11 Å². The van der Waals surface area contributed by atoms with Crippen LogP contribution in [0.3, 0.4) is 0 Å². The van der Waals surface area contributed by atoms with E-state index in [0.717, 1.165) is 71.0 Å². The first kappa shape index (κ1) is 11.5. The Kier molecular flexibility index (Phi) is 1.47. The molecule has 1 heterocycles. The van der Waals surface area contributed by atoms with E-state index in [4.69, 9.17) is 0 Å². The third-order valence-electron chi connectivity index (χ3n) is 10.1. The molecule has 1 spiro atoms. The summed E-state index contributed by atoms with van der Waals surface area (Å²) in [6, 6.07) is 9.19. The van der Waals surface area contributed by atoms with Crippen LogP contribution >= 0.6 is 23.5 Å². The van der Waals surface area contributed by atoms with Crippen molar-refractivity contribution in [2.75, 3.05) is 0 Å². The standard InChI is InChI=1S/C20H18OS2/c21-19-15-7-8-12-14-10(16(8)19)9(15)13-11(7)17(12)20(18(13)14)22-5-3-1-2-4-6(5)23-20/h1-4,7-19,21H. The average molecular weight is 338 g/mol. The van der Waals surface area contributed by atoms with Crippen molar-refractivity contribution in [3.63, 3.8) is 0 Å². The number of aliphatic hydroxyl groups excluding tert-OH is 1. The van der Waals surface area contributed by atoms with Crippen molar-refractivity contribution in [2.24, 2.45) is 71.0 Å². The van der Waals surface area contributed by atoms with Gasteiger partial charge in [-0.2, -0.15) is 0 Å². The maximum absolute atomic E-state index is 10.9. The molecule has 0 aromatic heterocycles. The lowest BCUT2D eigenvalue weighted by Crippen LogP contribution is -2.29. The fraction of sp³-hybridized carbons (Fsp3) is 0.700. The zero-order valence-electron chi connectivity index (χ0n) is 12.6. The molecule has 1 N–H and O–H groups in total. The molecule has 0 radical (unpaired) electrons. The minimum atomic E-state index is 0.108. The van der Waals surface area contributed by atoms with Crippen LogP contribution in [0.2, 0.25) is 0 Å². The van der Waals surface area contributed by atoms with Crippen molar-refractivity contribution in [2.45, 2.75) is 20.0 Å². The maximum atomic E-state index is 10.9. The second-order valence-corrected chi connectivity index (χ2v) is 12.6. The molecule has 0 amide bonds. The Labute approximate surface area is 144 Å². The third kappa shape index (κ3) is 0.786. The van der Waals surface area contributed by atoms with E-state index in [-0.39, 0.29) is 6.10 Å². The van der Waals surface area contributed by atoms with Gasteiger partial charge in [-0.25, -0.2) is 0 Å². The van der Waals surface area contributed by atoms with E-state index in [1.54, 1.807) is 9.79 Å². The number of hydrogen-bond donors (Lipinski definition) is 1. The first-order valence-corrected chi connectivity index (χ1v) is 11.1. The summed E-state index contributed by atoms with van der Waals surface area (Å²) in [5.74, 6) is 11.2. The van der Waals surface area contributed by atoms with Crippen molar-refractivity contribution < 1.29 is 5.11 Å². The van der Waals surface area contributed by atoms with Crippen molar-refractivity contribution in [3.8, 4) is 0 Å². The first-order chi connectivity index (χ1) is 11.3. The molecule has 4 bridgehead atoms. The summed E-state index contributed by atoms with van der Waals surface area (Å²) in [4.78, 5) is 3.14. The summed E-state index contributed by atoms with van der Waals surface area (Å²) in [7, 11) is 0. The van der Waals surface area contributed by atoms with Crippen LogP contribution in [0.25, 0.3) is 0 Å². The molecule has 1 aliphatic heterocycles. The first-order valence-electron chi connectivity index (χ1n) is 9.48. The highest BCUT2D eigenvalue weighted by atomic mass is 32.2. The van der Waals surface area contributed by atoms with Crippen LogP contribution < -0.4 is 0 Å². The highest BCUT2D eigenvalue weighted by molar-refractivity contribution is 8.20. The maximum Gasteiger partial charge on any atom is 0.0773 e. The molecule has 8 saturated carbocycles. The van der Waals surface area contributed by atoms with Crippen LogP contribution in [-0.4, -0.2) is 15.3 Å². The van der Waals surface area contributed by atoms with Crippen molar-refractivity contribution in [3.05, 3.63) is 24.3 Å². The minimum absolute atomic E-state index is 0.108. The van der Waals surface area contributed by atoms with E-state index in [1.807, 2.05) is 0 Å². The lowest BCUT2D eigenvalue weighted by atomic mass is 9.80. The van der Waals surface area contributed by atoms with Gasteiger partial charge in [-0.1, -0.05) is 12.1 Å². The second-order valence-electron chi connectivity index (χ2n) is 9.69. The van der Waals surface area contributed by atoms with Crippen molar-refractivity contribution in [1.29, 1.82) is 0 Å². The molecule has 116 valence electrons. The SMILES string of the molecule is OC1C2C3C4C1C1C2C2C3C3C4C1C2C31Sc2ccccc2S1. The number of thioether (sulfide) groups is 2. The fourth-order valence-electron chi connectivity index (χ4n) is 10.8. The Bertz CT molecular complexity index is 738. The molecule has 8 aliphatic carbocycles. The molecule has 8 unspecified atom stereocenters. The molecule has 1 aromatic carbocycles. The van der Waals surface area contributed by atoms with Gasteiger partial charge in [-0.15, -0.1) is 23.5 Å². The third-order valence-corrected chi connectivity index (χ3v) is 13.6. The number of fused-ring (bicyclic) bond motifs is 1. The fourth-order valence-corrected chi connectivity index (χ4v) is 14.8. The Balaban J connectivity index is 1.31. The van der Waals surface area contributed by atoms with Crippen molar-refractivity contribution >= 4 is 23.5 Å². The molecule has 8 atom stereocenters. The predicted molar refractivity (Wildman–Crippen MR) is 88.8 cm³/mol. The summed E-state index contributed by atoms with van der Waals surface area (Å²) in [6.07, 6.45) is 0.108. The normalized spacial score (nSPS) is 70.4. The molecular weight excluding hydrogens is 320 g/mol.